The van der Waals surface area contributed by atoms with Crippen molar-refractivity contribution in [1.82, 2.24) is 0 Å². The first-order chi connectivity index (χ1) is 13.2. The molecular weight excluding hydrogens is 400 g/mol. The number of sulfonamides is 1. The number of hydrogen-bond donors (Lipinski definition) is 2. The highest BCUT2D eigenvalue weighted by Gasteiger charge is 2.51. The lowest BCUT2D eigenvalue weighted by atomic mass is 9.65. The van der Waals surface area contributed by atoms with Gasteiger partial charge in [-0.15, -0.1) is 0 Å². The maximum Gasteiger partial charge on any atom is 0.265 e. The number of nitrogens with one attached hydrogen (secondary N) is 2. The van der Waals surface area contributed by atoms with Gasteiger partial charge < -0.3 is 10.1 Å². The molecule has 148 valence electrons. The van der Waals surface area contributed by atoms with Gasteiger partial charge in [0.05, 0.1) is 27.9 Å². The Balaban J connectivity index is 1.71. The van der Waals surface area contributed by atoms with E-state index in [1.807, 2.05) is 13.8 Å². The molecule has 0 radical (unpaired) electrons. The molecule has 2 aliphatic rings. The van der Waals surface area contributed by atoms with Crippen LogP contribution in [0.1, 0.15) is 38.7 Å². The highest BCUT2D eigenvalue weighted by Crippen LogP contribution is 2.53. The van der Waals surface area contributed by atoms with Crippen molar-refractivity contribution >= 4 is 38.9 Å². The van der Waals surface area contributed by atoms with Crippen LogP contribution in [0.25, 0.3) is 0 Å². The molecule has 1 heterocycles. The molecule has 4 rings (SSSR count). The molecule has 0 unspecified atom stereocenters. The van der Waals surface area contributed by atoms with E-state index in [9.17, 15) is 13.2 Å². The quantitative estimate of drug-likeness (QED) is 0.755. The third-order valence-electron chi connectivity index (χ3n) is 5.24. The lowest BCUT2D eigenvalue weighted by molar-refractivity contribution is -0.123. The minimum atomic E-state index is -3.90. The van der Waals surface area contributed by atoms with Crippen LogP contribution < -0.4 is 14.8 Å². The highest BCUT2D eigenvalue weighted by atomic mass is 35.5. The number of anilines is 2. The summed E-state index contributed by atoms with van der Waals surface area (Å²) in [4.78, 5) is 12.5. The van der Waals surface area contributed by atoms with E-state index in [4.69, 9.17) is 16.3 Å². The average Bonchev–Trinajstić information content (AvgIpc) is 2.87. The molecule has 1 spiro atoms. The smallest absolute Gasteiger partial charge is 0.265 e. The summed E-state index contributed by atoms with van der Waals surface area (Å²) in [5.41, 5.74) is 1.09. The number of halogens is 1. The van der Waals surface area contributed by atoms with E-state index in [1.54, 1.807) is 24.3 Å². The number of benzene rings is 2. The minimum Gasteiger partial charge on any atom is -0.490 e. The van der Waals surface area contributed by atoms with E-state index >= 15 is 0 Å². The summed E-state index contributed by atoms with van der Waals surface area (Å²) >= 11 is 6.35. The second-order valence-corrected chi connectivity index (χ2v) is 9.55. The molecule has 1 saturated carbocycles. The van der Waals surface area contributed by atoms with Gasteiger partial charge in [-0.1, -0.05) is 30.2 Å². The normalized spacial score (nSPS) is 17.2. The maximum atomic E-state index is 13.0. The van der Waals surface area contributed by atoms with Gasteiger partial charge in [0.25, 0.3) is 10.0 Å². The Bertz CT molecular complexity index is 1060. The van der Waals surface area contributed by atoms with Crippen molar-refractivity contribution in [1.29, 1.82) is 0 Å². The van der Waals surface area contributed by atoms with Crippen LogP contribution in [0.15, 0.2) is 41.3 Å². The van der Waals surface area contributed by atoms with Crippen LogP contribution >= 0.6 is 11.6 Å². The average molecular weight is 421 g/mol. The number of amides is 1. The van der Waals surface area contributed by atoms with Gasteiger partial charge in [0, 0.05) is 0 Å². The number of carbonyl (C=O) groups is 1. The summed E-state index contributed by atoms with van der Waals surface area (Å²) in [5, 5.41) is 3.16. The van der Waals surface area contributed by atoms with Gasteiger partial charge >= 0.3 is 0 Å². The number of carbonyl (C=O) groups excluding carboxylic acids is 1. The van der Waals surface area contributed by atoms with Crippen LogP contribution in [-0.4, -0.2) is 20.4 Å². The Labute approximate surface area is 169 Å². The first kappa shape index (κ1) is 19.1. The topological polar surface area (TPSA) is 84.5 Å². The van der Waals surface area contributed by atoms with Gasteiger partial charge in [0.1, 0.15) is 10.6 Å². The summed E-state index contributed by atoms with van der Waals surface area (Å²) in [6.07, 6.45) is 2.27. The predicted octanol–water partition coefficient (Wildman–Crippen LogP) is 4.30. The Morgan fingerprint density at radius 2 is 1.93 bits per heavy atom. The van der Waals surface area contributed by atoms with Crippen molar-refractivity contribution in [2.45, 2.75) is 49.5 Å². The van der Waals surface area contributed by atoms with Crippen molar-refractivity contribution in [3.05, 3.63) is 47.0 Å². The van der Waals surface area contributed by atoms with Crippen molar-refractivity contribution in [2.24, 2.45) is 0 Å². The SMILES string of the molecule is CC(C)Oc1ccccc1S(=O)(=O)Nc1cc(Cl)c2c(c1)C1(CCC1)C(=O)N2. The molecule has 2 aromatic rings. The Hall–Kier alpha value is -2.25. The molecular formula is C20H21ClN2O4S. The number of para-hydroxylation sites is 1. The van der Waals surface area contributed by atoms with Crippen molar-refractivity contribution in [3.8, 4) is 5.75 Å². The Morgan fingerprint density at radius 3 is 2.57 bits per heavy atom. The molecule has 1 fully saturated rings. The van der Waals surface area contributed by atoms with Crippen molar-refractivity contribution in [3.63, 3.8) is 0 Å². The lowest BCUT2D eigenvalue weighted by Gasteiger charge is -2.36. The molecule has 2 N–H and O–H groups in total. The zero-order valence-corrected chi connectivity index (χ0v) is 17.2. The summed E-state index contributed by atoms with van der Waals surface area (Å²) in [7, 11) is -3.90. The number of hydrogen-bond acceptors (Lipinski definition) is 4. The second kappa shape index (κ2) is 6.67. The maximum absolute atomic E-state index is 13.0. The van der Waals surface area contributed by atoms with Crippen molar-refractivity contribution < 1.29 is 17.9 Å². The van der Waals surface area contributed by atoms with Crippen LogP contribution in [0, 0.1) is 0 Å². The first-order valence-electron chi connectivity index (χ1n) is 9.17. The van der Waals surface area contributed by atoms with Gasteiger partial charge in [-0.25, -0.2) is 8.42 Å². The second-order valence-electron chi connectivity index (χ2n) is 7.49. The van der Waals surface area contributed by atoms with Gasteiger partial charge in [-0.05, 0) is 56.5 Å². The van der Waals surface area contributed by atoms with Crippen LogP contribution in [0.5, 0.6) is 5.75 Å². The van der Waals surface area contributed by atoms with E-state index in [0.29, 0.717) is 16.4 Å². The van der Waals surface area contributed by atoms with E-state index in [1.165, 1.54) is 12.1 Å². The molecule has 1 aliphatic carbocycles. The standard InChI is InChI=1S/C20H21ClN2O4S/c1-12(2)27-16-6-3-4-7-17(16)28(25,26)23-13-10-14-18(15(21)11-13)22-19(24)20(14)8-5-9-20/h3-4,6-7,10-12,23H,5,8-9H2,1-2H3,(H,22,24). The zero-order chi connectivity index (χ0) is 20.1. The molecule has 2 aromatic carbocycles. The van der Waals surface area contributed by atoms with E-state index < -0.39 is 15.4 Å². The Kier molecular flexibility index (Phi) is 4.55. The number of fused-ring (bicyclic) bond motifs is 2. The molecule has 8 heteroatoms. The van der Waals surface area contributed by atoms with E-state index in [-0.39, 0.29) is 22.7 Å². The monoisotopic (exact) mass is 420 g/mol. The summed E-state index contributed by atoms with van der Waals surface area (Å²) < 4.78 is 34.2. The molecule has 6 nitrogen and oxygen atoms in total. The van der Waals surface area contributed by atoms with Gasteiger partial charge in [-0.3, -0.25) is 9.52 Å². The third-order valence-corrected chi connectivity index (χ3v) is 6.96. The predicted molar refractivity (Wildman–Crippen MR) is 109 cm³/mol. The fourth-order valence-electron chi connectivity index (χ4n) is 3.79. The molecule has 0 bridgehead atoms. The van der Waals surface area contributed by atoms with E-state index in [2.05, 4.69) is 10.0 Å². The first-order valence-corrected chi connectivity index (χ1v) is 11.0. The minimum absolute atomic E-state index is 0.0490. The van der Waals surface area contributed by atoms with Crippen molar-refractivity contribution in [2.75, 3.05) is 10.0 Å². The molecule has 28 heavy (non-hydrogen) atoms. The number of rotatable bonds is 5. The number of ether oxygens (including phenoxy) is 1. The Morgan fingerprint density at radius 1 is 1.21 bits per heavy atom. The fraction of sp³-hybridized carbons (Fsp3) is 0.350. The molecule has 1 amide bonds. The van der Waals surface area contributed by atoms with Gasteiger partial charge in [-0.2, -0.15) is 0 Å². The third kappa shape index (κ3) is 3.02. The molecule has 1 aliphatic heterocycles. The zero-order valence-electron chi connectivity index (χ0n) is 15.6. The largest absolute Gasteiger partial charge is 0.490 e. The van der Waals surface area contributed by atoms with Crippen LogP contribution in [-0.2, 0) is 20.2 Å². The van der Waals surface area contributed by atoms with Crippen LogP contribution in [0.2, 0.25) is 5.02 Å². The van der Waals surface area contributed by atoms with Crippen LogP contribution in [0.4, 0.5) is 11.4 Å². The summed E-state index contributed by atoms with van der Waals surface area (Å²) in [6, 6.07) is 9.71. The molecule has 0 saturated heterocycles. The highest BCUT2D eigenvalue weighted by molar-refractivity contribution is 7.92. The fourth-order valence-corrected chi connectivity index (χ4v) is 5.23. The molecule has 0 atom stereocenters. The van der Waals surface area contributed by atoms with Gasteiger partial charge in [0.2, 0.25) is 5.91 Å². The van der Waals surface area contributed by atoms with Crippen LogP contribution in [0.3, 0.4) is 0 Å². The van der Waals surface area contributed by atoms with E-state index in [0.717, 1.165) is 24.8 Å². The summed E-state index contributed by atoms with van der Waals surface area (Å²) in [5.74, 6) is 0.218. The molecule has 0 aromatic heterocycles. The lowest BCUT2D eigenvalue weighted by Crippen LogP contribution is -2.40. The summed E-state index contributed by atoms with van der Waals surface area (Å²) in [6.45, 7) is 3.67. The van der Waals surface area contributed by atoms with Gasteiger partial charge in [0.15, 0.2) is 0 Å².